The van der Waals surface area contributed by atoms with Crippen LogP contribution in [-0.4, -0.2) is 59.0 Å². The summed E-state index contributed by atoms with van der Waals surface area (Å²) < 4.78 is 0. The SMILES string of the molecule is CN(C(=O)C1(C(=O)O)C(c2ccccc2)=C1c1ccccc1)[C@H]1CCCC[C@@H]1N1CCCC1. The van der Waals surface area contributed by atoms with E-state index in [1.54, 1.807) is 4.90 Å². The molecule has 1 aliphatic heterocycles. The molecule has 172 valence electrons. The number of hydrogen-bond donors (Lipinski definition) is 1. The quantitative estimate of drug-likeness (QED) is 0.664. The summed E-state index contributed by atoms with van der Waals surface area (Å²) in [6, 6.07) is 19.4. The Morgan fingerprint density at radius 3 is 1.88 bits per heavy atom. The van der Waals surface area contributed by atoms with E-state index in [-0.39, 0.29) is 11.9 Å². The van der Waals surface area contributed by atoms with Crippen molar-refractivity contribution in [3.63, 3.8) is 0 Å². The Bertz CT molecular complexity index is 1010. The summed E-state index contributed by atoms with van der Waals surface area (Å²) in [4.78, 5) is 31.4. The predicted octanol–water partition coefficient (Wildman–Crippen LogP) is 4.55. The topological polar surface area (TPSA) is 60.9 Å². The molecule has 3 aliphatic rings. The summed E-state index contributed by atoms with van der Waals surface area (Å²) in [5, 5.41) is 10.6. The highest BCUT2D eigenvalue weighted by Crippen LogP contribution is 2.64. The molecule has 0 bridgehead atoms. The van der Waals surface area contributed by atoms with Gasteiger partial charge in [0.15, 0.2) is 5.41 Å². The molecule has 33 heavy (non-hydrogen) atoms. The molecule has 2 aliphatic carbocycles. The Hall–Kier alpha value is -2.92. The number of likely N-dealkylation sites (N-methyl/N-ethyl adjacent to an activating group) is 1. The number of amides is 1. The van der Waals surface area contributed by atoms with E-state index < -0.39 is 11.4 Å². The zero-order valence-corrected chi connectivity index (χ0v) is 19.2. The van der Waals surface area contributed by atoms with Gasteiger partial charge in [0.05, 0.1) is 0 Å². The Labute approximate surface area is 195 Å². The second-order valence-corrected chi connectivity index (χ2v) is 9.62. The predicted molar refractivity (Wildman–Crippen MR) is 129 cm³/mol. The fourth-order valence-electron chi connectivity index (χ4n) is 6.19. The highest BCUT2D eigenvalue weighted by Gasteiger charge is 2.67. The highest BCUT2D eigenvalue weighted by molar-refractivity contribution is 6.39. The Morgan fingerprint density at radius 2 is 1.36 bits per heavy atom. The average Bonchev–Trinajstić information content (AvgIpc) is 3.28. The van der Waals surface area contributed by atoms with Gasteiger partial charge in [-0.05, 0) is 61.0 Å². The van der Waals surface area contributed by atoms with Gasteiger partial charge in [0, 0.05) is 19.1 Å². The van der Waals surface area contributed by atoms with Crippen LogP contribution in [0.15, 0.2) is 60.7 Å². The van der Waals surface area contributed by atoms with Crippen LogP contribution in [0.3, 0.4) is 0 Å². The van der Waals surface area contributed by atoms with Crippen molar-refractivity contribution in [2.24, 2.45) is 5.41 Å². The van der Waals surface area contributed by atoms with Gasteiger partial charge in [-0.2, -0.15) is 0 Å². The number of likely N-dealkylation sites (tertiary alicyclic amines) is 1. The summed E-state index contributed by atoms with van der Waals surface area (Å²) in [6.45, 7) is 2.16. The minimum absolute atomic E-state index is 0.0511. The largest absolute Gasteiger partial charge is 0.480 e. The van der Waals surface area contributed by atoms with E-state index in [2.05, 4.69) is 4.90 Å². The molecule has 2 atom stereocenters. The molecule has 5 heteroatoms. The van der Waals surface area contributed by atoms with E-state index in [0.717, 1.165) is 43.5 Å². The minimum atomic E-state index is -1.62. The van der Waals surface area contributed by atoms with Crippen molar-refractivity contribution < 1.29 is 14.7 Å². The van der Waals surface area contributed by atoms with Crippen LogP contribution in [0.2, 0.25) is 0 Å². The van der Waals surface area contributed by atoms with Crippen LogP contribution in [0, 0.1) is 5.41 Å². The van der Waals surface area contributed by atoms with Gasteiger partial charge in [-0.15, -0.1) is 0 Å². The first-order chi connectivity index (χ1) is 16.1. The van der Waals surface area contributed by atoms with Crippen LogP contribution in [0.5, 0.6) is 0 Å². The third-order valence-corrected chi connectivity index (χ3v) is 7.83. The van der Waals surface area contributed by atoms with E-state index in [1.807, 2.05) is 67.7 Å². The first-order valence-corrected chi connectivity index (χ1v) is 12.2. The molecule has 0 aromatic heterocycles. The van der Waals surface area contributed by atoms with E-state index >= 15 is 0 Å². The smallest absolute Gasteiger partial charge is 0.328 e. The summed E-state index contributed by atoms with van der Waals surface area (Å²) in [6.07, 6.45) is 6.67. The van der Waals surface area contributed by atoms with Crippen molar-refractivity contribution in [2.45, 2.75) is 50.6 Å². The van der Waals surface area contributed by atoms with Gasteiger partial charge < -0.3 is 10.0 Å². The first-order valence-electron chi connectivity index (χ1n) is 12.2. The number of aliphatic carboxylic acids is 1. The van der Waals surface area contributed by atoms with E-state index in [0.29, 0.717) is 17.2 Å². The van der Waals surface area contributed by atoms with Crippen molar-refractivity contribution in [1.82, 2.24) is 9.80 Å². The van der Waals surface area contributed by atoms with Crippen LogP contribution in [0.25, 0.3) is 11.1 Å². The molecular formula is C28H32N2O3. The molecule has 1 saturated carbocycles. The second-order valence-electron chi connectivity index (χ2n) is 9.62. The van der Waals surface area contributed by atoms with Gasteiger partial charge in [-0.1, -0.05) is 73.5 Å². The molecule has 2 aromatic carbocycles. The van der Waals surface area contributed by atoms with Crippen LogP contribution in [0.4, 0.5) is 0 Å². The fraction of sp³-hybridized carbons (Fsp3) is 0.429. The summed E-state index contributed by atoms with van der Waals surface area (Å²) >= 11 is 0. The van der Waals surface area contributed by atoms with Crippen molar-refractivity contribution in [2.75, 3.05) is 20.1 Å². The van der Waals surface area contributed by atoms with Crippen molar-refractivity contribution in [3.8, 4) is 0 Å². The highest BCUT2D eigenvalue weighted by atomic mass is 16.4. The molecule has 5 nitrogen and oxygen atoms in total. The number of hydrogen-bond acceptors (Lipinski definition) is 3. The molecule has 1 heterocycles. The molecule has 2 fully saturated rings. The van der Waals surface area contributed by atoms with Crippen molar-refractivity contribution in [3.05, 3.63) is 71.8 Å². The number of nitrogens with zero attached hydrogens (tertiary/aromatic N) is 2. The van der Waals surface area contributed by atoms with Crippen LogP contribution < -0.4 is 0 Å². The van der Waals surface area contributed by atoms with Gasteiger partial charge in [0.2, 0.25) is 5.91 Å². The third kappa shape index (κ3) is 3.59. The lowest BCUT2D eigenvalue weighted by Gasteiger charge is -2.43. The Kier molecular flexibility index (Phi) is 5.83. The molecule has 5 rings (SSSR count). The molecule has 0 radical (unpaired) electrons. The van der Waals surface area contributed by atoms with Gasteiger partial charge in [-0.25, -0.2) is 0 Å². The maximum absolute atomic E-state index is 14.2. The number of carbonyl (C=O) groups excluding carboxylic acids is 1. The van der Waals surface area contributed by atoms with Gasteiger partial charge in [0.1, 0.15) is 0 Å². The molecule has 0 unspecified atom stereocenters. The number of carbonyl (C=O) groups is 2. The normalized spacial score (nSPS) is 24.5. The molecule has 2 aromatic rings. The molecule has 1 saturated heterocycles. The van der Waals surface area contributed by atoms with Crippen molar-refractivity contribution >= 4 is 23.0 Å². The fourth-order valence-corrected chi connectivity index (χ4v) is 6.19. The maximum atomic E-state index is 14.2. The number of carboxylic acids is 1. The number of carboxylic acid groups (broad SMARTS) is 1. The monoisotopic (exact) mass is 444 g/mol. The lowest BCUT2D eigenvalue weighted by molar-refractivity contribution is -0.152. The number of rotatable bonds is 6. The second kappa shape index (κ2) is 8.79. The van der Waals surface area contributed by atoms with Crippen molar-refractivity contribution in [1.29, 1.82) is 0 Å². The average molecular weight is 445 g/mol. The maximum Gasteiger partial charge on any atom is 0.328 e. The van der Waals surface area contributed by atoms with Gasteiger partial charge in [0.25, 0.3) is 0 Å². The van der Waals surface area contributed by atoms with E-state index in [4.69, 9.17) is 0 Å². The zero-order valence-electron chi connectivity index (χ0n) is 19.2. The van der Waals surface area contributed by atoms with E-state index in [9.17, 15) is 14.7 Å². The minimum Gasteiger partial charge on any atom is -0.480 e. The summed E-state index contributed by atoms with van der Waals surface area (Å²) in [5.41, 5.74) is 1.25. The molecule has 1 amide bonds. The van der Waals surface area contributed by atoms with Gasteiger partial charge in [-0.3, -0.25) is 14.5 Å². The molecule has 1 N–H and O–H groups in total. The lowest BCUT2D eigenvalue weighted by atomic mass is 9.85. The number of benzene rings is 2. The lowest BCUT2D eigenvalue weighted by Crippen LogP contribution is -2.55. The first kappa shape index (κ1) is 21.9. The molecule has 0 spiro atoms. The van der Waals surface area contributed by atoms with Crippen LogP contribution in [-0.2, 0) is 9.59 Å². The summed E-state index contributed by atoms with van der Waals surface area (Å²) in [5.74, 6) is -1.38. The molecular weight excluding hydrogens is 412 g/mol. The van der Waals surface area contributed by atoms with Crippen LogP contribution >= 0.6 is 0 Å². The summed E-state index contributed by atoms with van der Waals surface area (Å²) in [7, 11) is 1.83. The van der Waals surface area contributed by atoms with E-state index in [1.165, 1.54) is 19.3 Å². The Morgan fingerprint density at radius 1 is 0.848 bits per heavy atom. The van der Waals surface area contributed by atoms with Gasteiger partial charge >= 0.3 is 5.97 Å². The third-order valence-electron chi connectivity index (χ3n) is 7.83. The Balaban J connectivity index is 1.53. The zero-order chi connectivity index (χ0) is 23.0. The standard InChI is InChI=1S/C28H32N2O3/c1-29(22-16-8-9-17-23(22)30-18-10-11-19-30)26(31)28(27(32)33)24(20-12-4-2-5-13-20)25(28)21-14-6-3-7-15-21/h2-7,12-15,22-23H,8-11,16-19H2,1H3,(H,32,33)/t22-,23-/m0/s1. The van der Waals surface area contributed by atoms with Crippen LogP contribution in [0.1, 0.15) is 49.7 Å².